The highest BCUT2D eigenvalue weighted by atomic mass is 16.1. The van der Waals surface area contributed by atoms with Crippen molar-refractivity contribution in [2.45, 2.75) is 33.4 Å². The number of rotatable bonds is 3. The van der Waals surface area contributed by atoms with Crippen LogP contribution in [0.25, 0.3) is 0 Å². The Kier molecular flexibility index (Phi) is 3.41. The lowest BCUT2D eigenvalue weighted by atomic mass is 9.96. The Labute approximate surface area is 119 Å². The number of aryl methyl sites for hydroxylation is 2. The van der Waals surface area contributed by atoms with Gasteiger partial charge < -0.3 is 5.32 Å². The van der Waals surface area contributed by atoms with Gasteiger partial charge in [0.1, 0.15) is 0 Å². The van der Waals surface area contributed by atoms with Gasteiger partial charge in [0.05, 0.1) is 0 Å². The van der Waals surface area contributed by atoms with E-state index in [2.05, 4.69) is 43.4 Å². The van der Waals surface area contributed by atoms with E-state index in [1.54, 1.807) is 0 Å². The van der Waals surface area contributed by atoms with E-state index in [1.165, 1.54) is 22.3 Å². The third-order valence-corrected chi connectivity index (χ3v) is 4.01. The average Bonchev–Trinajstić information content (AvgIpc) is 2.90. The first-order chi connectivity index (χ1) is 9.63. The summed E-state index contributed by atoms with van der Waals surface area (Å²) in [6.45, 7) is 5.92. The maximum atomic E-state index is 12.5. The number of carbonyl (C=O) groups is 1. The first-order valence-corrected chi connectivity index (χ1v) is 7.05. The number of carbonyl (C=O) groups excluding carboxylic acids is 1. The summed E-state index contributed by atoms with van der Waals surface area (Å²) in [5, 5.41) is 3.31. The second kappa shape index (κ2) is 5.22. The van der Waals surface area contributed by atoms with E-state index in [1.807, 2.05) is 12.1 Å². The van der Waals surface area contributed by atoms with E-state index < -0.39 is 0 Å². The van der Waals surface area contributed by atoms with E-state index in [0.717, 1.165) is 24.2 Å². The molecule has 0 amide bonds. The zero-order valence-corrected chi connectivity index (χ0v) is 12.0. The van der Waals surface area contributed by atoms with E-state index in [9.17, 15) is 4.79 Å². The van der Waals surface area contributed by atoms with Gasteiger partial charge in [-0.3, -0.25) is 4.79 Å². The van der Waals surface area contributed by atoms with Crippen LogP contribution in [0.4, 0.5) is 0 Å². The minimum Gasteiger partial charge on any atom is -0.309 e. The molecule has 1 heterocycles. The molecule has 0 atom stereocenters. The summed E-state index contributed by atoms with van der Waals surface area (Å²) in [6, 6.07) is 12.4. The normalized spacial score (nSPS) is 13.3. The number of hydrogen-bond donors (Lipinski definition) is 1. The second-order valence-electron chi connectivity index (χ2n) is 5.62. The lowest BCUT2D eigenvalue weighted by molar-refractivity contribution is 0.0992. The highest BCUT2D eigenvalue weighted by Gasteiger charge is 2.14. The van der Waals surface area contributed by atoms with E-state index in [4.69, 9.17) is 0 Å². The molecule has 2 aromatic rings. The SMILES string of the molecule is Cc1ccc(C)c(CC(=O)c2ccc3c(c2)CNC3)c1. The van der Waals surface area contributed by atoms with Crippen molar-refractivity contribution in [3.8, 4) is 0 Å². The van der Waals surface area contributed by atoms with Crippen LogP contribution in [0.5, 0.6) is 0 Å². The number of Topliss-reactive ketones (excluding diaryl/α,β-unsaturated/α-hetero) is 1. The predicted molar refractivity (Wildman–Crippen MR) is 80.9 cm³/mol. The molecule has 0 aromatic heterocycles. The molecule has 0 saturated heterocycles. The van der Waals surface area contributed by atoms with Crippen LogP contribution in [0.3, 0.4) is 0 Å². The van der Waals surface area contributed by atoms with Crippen molar-refractivity contribution in [3.05, 3.63) is 69.8 Å². The fraction of sp³-hybridized carbons (Fsp3) is 0.278. The third-order valence-electron chi connectivity index (χ3n) is 4.01. The smallest absolute Gasteiger partial charge is 0.167 e. The Morgan fingerprint density at radius 2 is 1.85 bits per heavy atom. The van der Waals surface area contributed by atoms with Crippen LogP contribution in [-0.2, 0) is 19.5 Å². The molecule has 1 N–H and O–H groups in total. The second-order valence-corrected chi connectivity index (χ2v) is 5.62. The Hall–Kier alpha value is -1.93. The van der Waals surface area contributed by atoms with Crippen LogP contribution >= 0.6 is 0 Å². The molecule has 2 heteroatoms. The molecular weight excluding hydrogens is 246 g/mol. The fourth-order valence-corrected chi connectivity index (χ4v) is 2.73. The summed E-state index contributed by atoms with van der Waals surface area (Å²) in [5.41, 5.74) is 6.93. The Morgan fingerprint density at radius 1 is 1.05 bits per heavy atom. The van der Waals surface area contributed by atoms with Crippen LogP contribution in [-0.4, -0.2) is 5.78 Å². The molecule has 2 aromatic carbocycles. The highest BCUT2D eigenvalue weighted by molar-refractivity contribution is 5.98. The van der Waals surface area contributed by atoms with Crippen LogP contribution in [0, 0.1) is 13.8 Å². The fourth-order valence-electron chi connectivity index (χ4n) is 2.73. The van der Waals surface area contributed by atoms with Crippen molar-refractivity contribution in [1.82, 2.24) is 5.32 Å². The summed E-state index contributed by atoms with van der Waals surface area (Å²) in [6.07, 6.45) is 0.486. The Balaban J connectivity index is 1.84. The van der Waals surface area contributed by atoms with E-state index >= 15 is 0 Å². The summed E-state index contributed by atoms with van der Waals surface area (Å²) in [4.78, 5) is 12.5. The largest absolute Gasteiger partial charge is 0.309 e. The van der Waals surface area contributed by atoms with Crippen LogP contribution in [0.15, 0.2) is 36.4 Å². The lowest BCUT2D eigenvalue weighted by Crippen LogP contribution is -2.06. The van der Waals surface area contributed by atoms with Gasteiger partial charge in [-0.2, -0.15) is 0 Å². The maximum absolute atomic E-state index is 12.5. The Bertz CT molecular complexity index is 673. The van der Waals surface area contributed by atoms with Gasteiger partial charge in [0.2, 0.25) is 0 Å². The van der Waals surface area contributed by atoms with Crippen LogP contribution in [0.1, 0.15) is 38.2 Å². The summed E-state index contributed by atoms with van der Waals surface area (Å²) in [7, 11) is 0. The zero-order valence-electron chi connectivity index (χ0n) is 12.0. The highest BCUT2D eigenvalue weighted by Crippen LogP contribution is 2.19. The van der Waals surface area contributed by atoms with Crippen molar-refractivity contribution in [2.75, 3.05) is 0 Å². The molecule has 0 aliphatic carbocycles. The van der Waals surface area contributed by atoms with Crippen molar-refractivity contribution < 1.29 is 4.79 Å². The first-order valence-electron chi connectivity index (χ1n) is 7.05. The molecule has 0 unspecified atom stereocenters. The number of nitrogens with one attached hydrogen (secondary N) is 1. The number of benzene rings is 2. The number of ketones is 1. The molecule has 102 valence electrons. The molecule has 1 aliphatic heterocycles. The quantitative estimate of drug-likeness (QED) is 0.862. The molecule has 1 aliphatic rings. The molecule has 0 spiro atoms. The van der Waals surface area contributed by atoms with E-state index in [-0.39, 0.29) is 5.78 Å². The summed E-state index contributed by atoms with van der Waals surface area (Å²) < 4.78 is 0. The van der Waals surface area contributed by atoms with Crippen molar-refractivity contribution in [2.24, 2.45) is 0 Å². The van der Waals surface area contributed by atoms with Crippen LogP contribution < -0.4 is 5.32 Å². The summed E-state index contributed by atoms with van der Waals surface area (Å²) in [5.74, 6) is 0.202. The minimum atomic E-state index is 0.202. The first kappa shape index (κ1) is 13.1. The number of hydrogen-bond acceptors (Lipinski definition) is 2. The standard InChI is InChI=1S/C18H19NO/c1-12-3-4-13(2)16(7-12)9-18(20)14-5-6-15-10-19-11-17(15)8-14/h3-8,19H,9-11H2,1-2H3. The Morgan fingerprint density at radius 3 is 2.70 bits per heavy atom. The average molecular weight is 265 g/mol. The van der Waals surface area contributed by atoms with Gasteiger partial charge in [0, 0.05) is 25.1 Å². The predicted octanol–water partition coefficient (Wildman–Crippen LogP) is 3.33. The molecule has 2 nitrogen and oxygen atoms in total. The topological polar surface area (TPSA) is 29.1 Å². The third kappa shape index (κ3) is 2.52. The van der Waals surface area contributed by atoms with Gasteiger partial charge in [-0.25, -0.2) is 0 Å². The van der Waals surface area contributed by atoms with E-state index in [0.29, 0.717) is 6.42 Å². The lowest BCUT2D eigenvalue weighted by Gasteiger charge is -2.08. The van der Waals surface area contributed by atoms with Gasteiger partial charge in [-0.05, 0) is 42.2 Å². The van der Waals surface area contributed by atoms with Crippen LogP contribution in [0.2, 0.25) is 0 Å². The molecule has 0 radical (unpaired) electrons. The van der Waals surface area contributed by atoms with Gasteiger partial charge >= 0.3 is 0 Å². The van der Waals surface area contributed by atoms with Crippen molar-refractivity contribution in [3.63, 3.8) is 0 Å². The van der Waals surface area contributed by atoms with Gasteiger partial charge in [0.15, 0.2) is 5.78 Å². The van der Waals surface area contributed by atoms with Crippen molar-refractivity contribution >= 4 is 5.78 Å². The summed E-state index contributed by atoms with van der Waals surface area (Å²) >= 11 is 0. The molecule has 0 bridgehead atoms. The van der Waals surface area contributed by atoms with Crippen molar-refractivity contribution in [1.29, 1.82) is 0 Å². The molecule has 20 heavy (non-hydrogen) atoms. The van der Waals surface area contributed by atoms with Gasteiger partial charge in [-0.15, -0.1) is 0 Å². The zero-order chi connectivity index (χ0) is 14.1. The van der Waals surface area contributed by atoms with Gasteiger partial charge in [-0.1, -0.05) is 35.9 Å². The minimum absolute atomic E-state index is 0.202. The monoisotopic (exact) mass is 265 g/mol. The molecule has 3 rings (SSSR count). The molecule has 0 saturated carbocycles. The molecular formula is C18H19NO. The van der Waals surface area contributed by atoms with Gasteiger partial charge in [0.25, 0.3) is 0 Å². The number of fused-ring (bicyclic) bond motifs is 1. The maximum Gasteiger partial charge on any atom is 0.167 e. The molecule has 0 fully saturated rings.